The summed E-state index contributed by atoms with van der Waals surface area (Å²) in [7, 11) is 0. The molecule has 0 radical (unpaired) electrons. The highest BCUT2D eigenvalue weighted by atomic mass is 14.6. The fraction of sp³-hybridized carbons (Fsp3) is 0.400. The highest BCUT2D eigenvalue weighted by molar-refractivity contribution is 5.68. The van der Waals surface area contributed by atoms with Crippen LogP contribution in [0.1, 0.15) is 13.3 Å². The zero-order chi connectivity index (χ0) is 5.70. The number of nitrogens with two attached hydrogens (primary N) is 1. The van der Waals surface area contributed by atoms with Crippen LogP contribution in [0.2, 0.25) is 0 Å². The van der Waals surface area contributed by atoms with Gasteiger partial charge in [-0.15, -0.1) is 0 Å². The van der Waals surface area contributed by atoms with E-state index in [-0.39, 0.29) is 0 Å². The average Bonchev–Trinajstić information content (AvgIpc) is 1.68. The van der Waals surface area contributed by atoms with E-state index in [1.807, 2.05) is 6.92 Å². The summed E-state index contributed by atoms with van der Waals surface area (Å²) in [5.41, 5.74) is 6.05. The second-order valence-electron chi connectivity index (χ2n) is 1.26. The van der Waals surface area contributed by atoms with Crippen molar-refractivity contribution in [3.8, 4) is 0 Å². The first-order valence-corrected chi connectivity index (χ1v) is 2.26. The predicted octanol–water partition coefficient (Wildman–Crippen LogP) is 0.889. The fourth-order valence-electron chi connectivity index (χ4n) is 0.225. The standard InChI is InChI=1S/C5H10N2/c1-2-5(7)3-4-6/h3-4,6H,2,7H2,1H3/b5-3+,6-4?. The molecule has 0 aliphatic carbocycles. The Bertz CT molecular complexity index is 84.1. The van der Waals surface area contributed by atoms with Gasteiger partial charge in [0.15, 0.2) is 0 Å². The number of allylic oxidation sites excluding steroid dienone is 2. The number of nitrogens with one attached hydrogen (secondary N) is 1. The van der Waals surface area contributed by atoms with E-state index in [4.69, 9.17) is 11.1 Å². The summed E-state index contributed by atoms with van der Waals surface area (Å²) >= 11 is 0. The third kappa shape index (κ3) is 3.03. The molecule has 0 spiro atoms. The summed E-state index contributed by atoms with van der Waals surface area (Å²) < 4.78 is 0. The second-order valence-corrected chi connectivity index (χ2v) is 1.26. The van der Waals surface area contributed by atoms with Crippen molar-refractivity contribution in [3.05, 3.63) is 11.8 Å². The molecule has 3 N–H and O–H groups in total. The topological polar surface area (TPSA) is 49.9 Å². The first kappa shape index (κ1) is 6.21. The molecule has 2 nitrogen and oxygen atoms in total. The molecule has 0 rings (SSSR count). The first-order chi connectivity index (χ1) is 3.31. The van der Waals surface area contributed by atoms with Gasteiger partial charge in [0.2, 0.25) is 0 Å². The summed E-state index contributed by atoms with van der Waals surface area (Å²) in [4.78, 5) is 0. The van der Waals surface area contributed by atoms with Crippen LogP contribution in [-0.4, -0.2) is 6.21 Å². The van der Waals surface area contributed by atoms with E-state index in [1.54, 1.807) is 6.08 Å². The SMILES string of the molecule is CC/C(N)=C\C=N. The Morgan fingerprint density at radius 1 is 1.86 bits per heavy atom. The van der Waals surface area contributed by atoms with E-state index in [2.05, 4.69) is 0 Å². The van der Waals surface area contributed by atoms with Crippen LogP contribution in [0.5, 0.6) is 0 Å². The summed E-state index contributed by atoms with van der Waals surface area (Å²) in [5, 5.41) is 6.56. The van der Waals surface area contributed by atoms with Crippen molar-refractivity contribution >= 4 is 6.21 Å². The van der Waals surface area contributed by atoms with Crippen LogP contribution < -0.4 is 5.73 Å². The van der Waals surface area contributed by atoms with Gasteiger partial charge in [0, 0.05) is 11.9 Å². The molecule has 0 aromatic carbocycles. The van der Waals surface area contributed by atoms with E-state index >= 15 is 0 Å². The average molecular weight is 98.1 g/mol. The van der Waals surface area contributed by atoms with Gasteiger partial charge in [-0.3, -0.25) is 0 Å². The maximum atomic E-state index is 6.56. The third-order valence-corrected chi connectivity index (χ3v) is 0.706. The van der Waals surface area contributed by atoms with Gasteiger partial charge < -0.3 is 11.1 Å². The fourth-order valence-corrected chi connectivity index (χ4v) is 0.225. The monoisotopic (exact) mass is 98.1 g/mol. The van der Waals surface area contributed by atoms with Crippen LogP contribution >= 0.6 is 0 Å². The molecule has 40 valence electrons. The molecular weight excluding hydrogens is 88.1 g/mol. The molecule has 0 aliphatic heterocycles. The van der Waals surface area contributed by atoms with E-state index in [0.29, 0.717) is 0 Å². The Labute approximate surface area is 43.5 Å². The molecule has 7 heavy (non-hydrogen) atoms. The van der Waals surface area contributed by atoms with E-state index in [9.17, 15) is 0 Å². The minimum Gasteiger partial charge on any atom is -0.402 e. The van der Waals surface area contributed by atoms with Crippen molar-refractivity contribution in [1.29, 1.82) is 5.41 Å². The van der Waals surface area contributed by atoms with E-state index in [1.165, 1.54) is 6.21 Å². The number of rotatable bonds is 2. The predicted molar refractivity (Wildman–Crippen MR) is 31.3 cm³/mol. The van der Waals surface area contributed by atoms with Crippen LogP contribution in [0, 0.1) is 5.41 Å². The summed E-state index contributed by atoms with van der Waals surface area (Å²) in [6.07, 6.45) is 3.61. The van der Waals surface area contributed by atoms with Crippen LogP contribution in [0.3, 0.4) is 0 Å². The zero-order valence-electron chi connectivity index (χ0n) is 4.44. The zero-order valence-corrected chi connectivity index (χ0v) is 4.44. The van der Waals surface area contributed by atoms with Crippen LogP contribution in [-0.2, 0) is 0 Å². The van der Waals surface area contributed by atoms with Gasteiger partial charge in [-0.05, 0) is 12.5 Å². The Morgan fingerprint density at radius 2 is 2.43 bits per heavy atom. The van der Waals surface area contributed by atoms with Crippen molar-refractivity contribution in [3.63, 3.8) is 0 Å². The van der Waals surface area contributed by atoms with E-state index < -0.39 is 0 Å². The first-order valence-electron chi connectivity index (χ1n) is 2.26. The molecule has 2 heteroatoms. The molecule has 0 amide bonds. The number of hydrogen-bond donors (Lipinski definition) is 2. The van der Waals surface area contributed by atoms with Crippen LogP contribution in [0.15, 0.2) is 11.8 Å². The van der Waals surface area contributed by atoms with Gasteiger partial charge in [-0.25, -0.2) is 0 Å². The maximum absolute atomic E-state index is 6.56. The normalized spacial score (nSPS) is 11.3. The molecule has 0 atom stereocenters. The molecule has 0 aromatic heterocycles. The summed E-state index contributed by atoms with van der Waals surface area (Å²) in [6.45, 7) is 1.95. The molecule has 0 unspecified atom stereocenters. The summed E-state index contributed by atoms with van der Waals surface area (Å²) in [6, 6.07) is 0. The van der Waals surface area contributed by atoms with Crippen molar-refractivity contribution in [2.24, 2.45) is 5.73 Å². The van der Waals surface area contributed by atoms with E-state index in [0.717, 1.165) is 12.1 Å². The second kappa shape index (κ2) is 3.40. The highest BCUT2D eigenvalue weighted by Crippen LogP contribution is 1.85. The van der Waals surface area contributed by atoms with Gasteiger partial charge in [-0.1, -0.05) is 6.92 Å². The minimum atomic E-state index is 0.759. The van der Waals surface area contributed by atoms with Gasteiger partial charge in [0.05, 0.1) is 0 Å². The maximum Gasteiger partial charge on any atom is 0.0194 e. The van der Waals surface area contributed by atoms with Crippen molar-refractivity contribution in [2.45, 2.75) is 13.3 Å². The Kier molecular flexibility index (Phi) is 3.02. The molecule has 0 aromatic rings. The lowest BCUT2D eigenvalue weighted by atomic mass is 10.3. The Hall–Kier alpha value is -0.790. The molecule has 0 bridgehead atoms. The van der Waals surface area contributed by atoms with Crippen molar-refractivity contribution < 1.29 is 0 Å². The molecule has 0 saturated heterocycles. The lowest BCUT2D eigenvalue weighted by molar-refractivity contribution is 1.07. The Morgan fingerprint density at radius 3 is 2.57 bits per heavy atom. The molecule has 0 fully saturated rings. The molecule has 0 saturated carbocycles. The quantitative estimate of drug-likeness (QED) is 0.495. The van der Waals surface area contributed by atoms with Gasteiger partial charge in [0.25, 0.3) is 0 Å². The van der Waals surface area contributed by atoms with Gasteiger partial charge in [-0.2, -0.15) is 0 Å². The largest absolute Gasteiger partial charge is 0.402 e. The van der Waals surface area contributed by atoms with Crippen LogP contribution in [0.25, 0.3) is 0 Å². The van der Waals surface area contributed by atoms with Gasteiger partial charge >= 0.3 is 0 Å². The Balaban J connectivity index is 3.49. The summed E-state index contributed by atoms with van der Waals surface area (Å²) in [5.74, 6) is 0. The third-order valence-electron chi connectivity index (χ3n) is 0.706. The molecule has 0 heterocycles. The minimum absolute atomic E-state index is 0.759. The lowest BCUT2D eigenvalue weighted by Gasteiger charge is -1.86. The van der Waals surface area contributed by atoms with Crippen LogP contribution in [0.4, 0.5) is 0 Å². The van der Waals surface area contributed by atoms with Crippen molar-refractivity contribution in [1.82, 2.24) is 0 Å². The lowest BCUT2D eigenvalue weighted by Crippen LogP contribution is -1.93. The smallest absolute Gasteiger partial charge is 0.0194 e. The molecule has 0 aliphatic rings. The number of hydrogen-bond acceptors (Lipinski definition) is 2. The van der Waals surface area contributed by atoms with Gasteiger partial charge in [0.1, 0.15) is 0 Å². The van der Waals surface area contributed by atoms with Crippen molar-refractivity contribution in [2.75, 3.05) is 0 Å². The highest BCUT2D eigenvalue weighted by Gasteiger charge is 1.75. The molecular formula is C5H10N2.